The van der Waals surface area contributed by atoms with Crippen LogP contribution in [0.2, 0.25) is 0 Å². The van der Waals surface area contributed by atoms with E-state index < -0.39 is 0 Å². The maximum absolute atomic E-state index is 13.0. The lowest BCUT2D eigenvalue weighted by Gasteiger charge is -2.23. The van der Waals surface area contributed by atoms with Crippen LogP contribution in [0.15, 0.2) is 24.3 Å². The van der Waals surface area contributed by atoms with Crippen molar-refractivity contribution in [3.05, 3.63) is 24.3 Å². The molecule has 4 rings (SSSR count). The first kappa shape index (κ1) is 17.3. The number of rotatable bonds is 4. The van der Waals surface area contributed by atoms with Gasteiger partial charge in [0, 0.05) is 32.1 Å². The Labute approximate surface area is 154 Å². The van der Waals surface area contributed by atoms with Crippen LogP contribution in [-0.2, 0) is 9.59 Å². The average molecular weight is 357 g/mol. The first-order chi connectivity index (χ1) is 12.6. The van der Waals surface area contributed by atoms with Crippen LogP contribution in [0.4, 0.5) is 5.69 Å². The molecule has 3 fully saturated rings. The van der Waals surface area contributed by atoms with E-state index in [1.165, 1.54) is 0 Å². The van der Waals surface area contributed by atoms with Crippen molar-refractivity contribution in [2.45, 2.75) is 32.2 Å². The lowest BCUT2D eigenvalue weighted by Crippen LogP contribution is -2.38. The Kier molecular flexibility index (Phi) is 4.61. The fourth-order valence-corrected chi connectivity index (χ4v) is 4.81. The predicted octanol–water partition coefficient (Wildman–Crippen LogP) is 1.63. The van der Waals surface area contributed by atoms with Crippen molar-refractivity contribution in [2.75, 3.05) is 31.1 Å². The summed E-state index contributed by atoms with van der Waals surface area (Å²) >= 11 is 0. The van der Waals surface area contributed by atoms with Gasteiger partial charge in [0.25, 0.3) is 0 Å². The number of carbonyl (C=O) groups is 2. The Balaban J connectivity index is 1.46. The van der Waals surface area contributed by atoms with Crippen LogP contribution in [0.5, 0.6) is 5.75 Å². The van der Waals surface area contributed by atoms with Crippen molar-refractivity contribution in [3.63, 3.8) is 0 Å². The topological polar surface area (TPSA) is 75.9 Å². The van der Waals surface area contributed by atoms with Crippen molar-refractivity contribution in [3.8, 4) is 5.75 Å². The van der Waals surface area contributed by atoms with E-state index in [4.69, 9.17) is 10.5 Å². The number of amides is 2. The number of fused-ring (bicyclic) bond motifs is 1. The van der Waals surface area contributed by atoms with E-state index in [0.29, 0.717) is 30.7 Å². The van der Waals surface area contributed by atoms with E-state index in [2.05, 4.69) is 0 Å². The van der Waals surface area contributed by atoms with Gasteiger partial charge in [-0.15, -0.1) is 0 Å². The Bertz CT molecular complexity index is 707. The van der Waals surface area contributed by atoms with Crippen LogP contribution < -0.4 is 15.4 Å². The van der Waals surface area contributed by atoms with Crippen LogP contribution in [0.3, 0.4) is 0 Å². The molecule has 3 aliphatic rings. The van der Waals surface area contributed by atoms with Crippen molar-refractivity contribution < 1.29 is 14.3 Å². The SMILES string of the molecule is CCOc1ccccc1N1CC(C(=O)N2CC3CCC(N)C3C2)CC1=O. The maximum Gasteiger partial charge on any atom is 0.228 e. The molecule has 4 atom stereocenters. The number of hydrogen-bond acceptors (Lipinski definition) is 4. The van der Waals surface area contributed by atoms with Crippen LogP contribution in [0, 0.1) is 17.8 Å². The minimum atomic E-state index is -0.271. The molecule has 1 aromatic rings. The van der Waals surface area contributed by atoms with Gasteiger partial charge < -0.3 is 20.3 Å². The van der Waals surface area contributed by atoms with Gasteiger partial charge in [-0.25, -0.2) is 0 Å². The molecule has 6 nitrogen and oxygen atoms in total. The number of nitrogens with zero attached hydrogens (tertiary/aromatic N) is 2. The van der Waals surface area contributed by atoms with Crippen molar-refractivity contribution in [2.24, 2.45) is 23.5 Å². The van der Waals surface area contributed by atoms with Gasteiger partial charge in [0.1, 0.15) is 5.75 Å². The summed E-state index contributed by atoms with van der Waals surface area (Å²) in [4.78, 5) is 29.2. The number of benzene rings is 1. The number of ether oxygens (including phenoxy) is 1. The first-order valence-electron chi connectivity index (χ1n) is 9.65. The third kappa shape index (κ3) is 2.96. The van der Waals surface area contributed by atoms with Crippen molar-refractivity contribution in [1.29, 1.82) is 0 Å². The number of anilines is 1. The molecule has 6 heteroatoms. The fourth-order valence-electron chi connectivity index (χ4n) is 4.81. The molecule has 0 bridgehead atoms. The summed E-state index contributed by atoms with van der Waals surface area (Å²) < 4.78 is 5.65. The zero-order chi connectivity index (χ0) is 18.3. The second kappa shape index (κ2) is 6.91. The van der Waals surface area contributed by atoms with E-state index in [0.717, 1.165) is 31.6 Å². The van der Waals surface area contributed by atoms with Gasteiger partial charge in [-0.05, 0) is 43.7 Å². The van der Waals surface area contributed by atoms with Gasteiger partial charge >= 0.3 is 0 Å². The zero-order valence-electron chi connectivity index (χ0n) is 15.3. The van der Waals surface area contributed by atoms with E-state index in [1.807, 2.05) is 36.1 Å². The Morgan fingerprint density at radius 3 is 2.81 bits per heavy atom. The maximum atomic E-state index is 13.0. The molecule has 2 heterocycles. The second-order valence-corrected chi connectivity index (χ2v) is 7.71. The highest BCUT2D eigenvalue weighted by atomic mass is 16.5. The molecular weight excluding hydrogens is 330 g/mol. The van der Waals surface area contributed by atoms with Gasteiger partial charge in [-0.2, -0.15) is 0 Å². The summed E-state index contributed by atoms with van der Waals surface area (Å²) in [6.45, 7) is 4.45. The number of likely N-dealkylation sites (tertiary alicyclic amines) is 1. The third-order valence-corrected chi connectivity index (χ3v) is 6.15. The van der Waals surface area contributed by atoms with Crippen LogP contribution in [0.1, 0.15) is 26.2 Å². The van der Waals surface area contributed by atoms with E-state index in [-0.39, 0.29) is 30.2 Å². The highest BCUT2D eigenvalue weighted by molar-refractivity contribution is 6.01. The first-order valence-corrected chi connectivity index (χ1v) is 9.65. The molecule has 1 saturated carbocycles. The molecule has 2 N–H and O–H groups in total. The molecule has 2 amide bonds. The summed E-state index contributed by atoms with van der Waals surface area (Å²) in [6, 6.07) is 7.75. The highest BCUT2D eigenvalue weighted by Crippen LogP contribution is 2.39. The minimum Gasteiger partial charge on any atom is -0.492 e. The normalized spacial score (nSPS) is 30.8. The lowest BCUT2D eigenvalue weighted by molar-refractivity contribution is -0.135. The molecule has 140 valence electrons. The van der Waals surface area contributed by atoms with Crippen LogP contribution in [0.25, 0.3) is 0 Å². The lowest BCUT2D eigenvalue weighted by atomic mass is 9.98. The molecule has 1 aliphatic carbocycles. The Morgan fingerprint density at radius 1 is 1.23 bits per heavy atom. The molecule has 1 aromatic carbocycles. The Morgan fingerprint density at radius 2 is 2.04 bits per heavy atom. The quantitative estimate of drug-likeness (QED) is 0.889. The number of para-hydroxylation sites is 2. The molecule has 2 aliphatic heterocycles. The molecule has 0 radical (unpaired) electrons. The van der Waals surface area contributed by atoms with Gasteiger partial charge in [0.15, 0.2) is 0 Å². The van der Waals surface area contributed by atoms with E-state index >= 15 is 0 Å². The third-order valence-electron chi connectivity index (χ3n) is 6.15. The van der Waals surface area contributed by atoms with Crippen LogP contribution >= 0.6 is 0 Å². The van der Waals surface area contributed by atoms with Gasteiger partial charge in [-0.3, -0.25) is 9.59 Å². The van der Waals surface area contributed by atoms with E-state index in [9.17, 15) is 9.59 Å². The summed E-state index contributed by atoms with van der Waals surface area (Å²) in [5, 5.41) is 0. The minimum absolute atomic E-state index is 0.00778. The second-order valence-electron chi connectivity index (χ2n) is 7.71. The number of nitrogens with two attached hydrogens (primary N) is 1. The average Bonchev–Trinajstić information content (AvgIpc) is 3.31. The summed E-state index contributed by atoms with van der Waals surface area (Å²) in [5.41, 5.74) is 6.95. The Hall–Kier alpha value is -2.08. The molecule has 2 saturated heterocycles. The van der Waals surface area contributed by atoms with Gasteiger partial charge in [0.05, 0.1) is 18.2 Å². The monoisotopic (exact) mass is 357 g/mol. The van der Waals surface area contributed by atoms with Crippen molar-refractivity contribution in [1.82, 2.24) is 4.90 Å². The summed E-state index contributed by atoms with van der Waals surface area (Å²) in [5.74, 6) is 1.50. The van der Waals surface area contributed by atoms with Gasteiger partial charge in [-0.1, -0.05) is 12.1 Å². The molecule has 0 spiro atoms. The van der Waals surface area contributed by atoms with Crippen LogP contribution in [-0.4, -0.2) is 49.0 Å². The zero-order valence-corrected chi connectivity index (χ0v) is 15.3. The predicted molar refractivity (Wildman–Crippen MR) is 98.8 cm³/mol. The molecule has 0 aromatic heterocycles. The molecular formula is C20H27N3O3. The largest absolute Gasteiger partial charge is 0.492 e. The smallest absolute Gasteiger partial charge is 0.228 e. The summed E-state index contributed by atoms with van der Waals surface area (Å²) in [6.07, 6.45) is 2.46. The molecule has 26 heavy (non-hydrogen) atoms. The number of hydrogen-bond donors (Lipinski definition) is 1. The molecule has 4 unspecified atom stereocenters. The summed E-state index contributed by atoms with van der Waals surface area (Å²) in [7, 11) is 0. The van der Waals surface area contributed by atoms with Crippen molar-refractivity contribution >= 4 is 17.5 Å². The van der Waals surface area contributed by atoms with E-state index in [1.54, 1.807) is 4.90 Å². The van der Waals surface area contributed by atoms with Gasteiger partial charge in [0.2, 0.25) is 11.8 Å². The fraction of sp³-hybridized carbons (Fsp3) is 0.600. The highest BCUT2D eigenvalue weighted by Gasteiger charge is 2.45. The number of carbonyl (C=O) groups excluding carboxylic acids is 2. The standard InChI is InChI=1S/C20H27N3O3/c1-2-26-18-6-4-3-5-17(18)23-11-14(9-19(23)24)20(25)22-10-13-7-8-16(21)15(13)12-22/h3-6,13-16H,2,7-12,21H2,1H3.